The van der Waals surface area contributed by atoms with E-state index in [2.05, 4.69) is 15.9 Å². The number of aromatic nitrogens is 1. The average Bonchev–Trinajstić information content (AvgIpc) is 2.12. The second-order valence-electron chi connectivity index (χ2n) is 1.53. The third-order valence-electron chi connectivity index (χ3n) is 0.746. The van der Waals surface area contributed by atoms with Crippen molar-refractivity contribution in [2.45, 2.75) is 6.36 Å². The van der Waals surface area contributed by atoms with E-state index in [1.807, 2.05) is 0 Å². The Morgan fingerprint density at radius 1 is 1.50 bits per heavy atom. The molecule has 0 aromatic carbocycles. The smallest absolute Gasteiger partial charge is 0.404 e. The Morgan fingerprint density at radius 3 is 2.60 bits per heavy atom. The van der Waals surface area contributed by atoms with Gasteiger partial charge in [0.25, 0.3) is 0 Å². The fourth-order valence-electron chi connectivity index (χ4n) is 0.460. The van der Waals surface area contributed by atoms with Crippen LogP contribution in [0.1, 0.15) is 0 Å². The molecule has 1 heterocycles. The van der Waals surface area contributed by atoms with Crippen LogP contribution in [0.2, 0.25) is 0 Å². The zero-order valence-corrected chi connectivity index (χ0v) is 4.70. The molecule has 0 saturated carbocycles. The van der Waals surface area contributed by atoms with Crippen molar-refractivity contribution < 1.29 is 17.9 Å². The molecule has 0 fully saturated rings. The summed E-state index contributed by atoms with van der Waals surface area (Å²) in [4.78, 5) is 2.30. The molecule has 1 rings (SSSR count). The molecule has 0 saturated heterocycles. The fourth-order valence-corrected chi connectivity index (χ4v) is 0.460. The van der Waals surface area contributed by atoms with E-state index in [4.69, 9.17) is 0 Å². The lowest BCUT2D eigenvalue weighted by molar-refractivity contribution is -0.274. The predicted molar refractivity (Wildman–Crippen MR) is 26.3 cm³/mol. The van der Waals surface area contributed by atoms with Crippen molar-refractivity contribution in [1.29, 1.82) is 0 Å². The maximum atomic E-state index is 11.4. The van der Waals surface area contributed by atoms with Gasteiger partial charge in [0.1, 0.15) is 5.75 Å². The van der Waals surface area contributed by atoms with Crippen molar-refractivity contribution in [1.82, 2.24) is 4.98 Å². The molecule has 0 unspecified atom stereocenters. The summed E-state index contributed by atoms with van der Waals surface area (Å²) in [6.07, 6.45) is -1.25. The molecule has 10 heavy (non-hydrogen) atoms. The molecule has 0 atom stereocenters. The third kappa shape index (κ3) is 2.00. The largest absolute Gasteiger partial charge is 0.573 e. The third-order valence-corrected chi connectivity index (χ3v) is 0.746. The van der Waals surface area contributed by atoms with E-state index in [1.165, 1.54) is 0 Å². The summed E-state index contributed by atoms with van der Waals surface area (Å²) < 4.78 is 37.6. The molecule has 1 radical (unpaired) electrons. The maximum Gasteiger partial charge on any atom is 0.573 e. The van der Waals surface area contributed by atoms with Gasteiger partial charge in [-0.25, -0.2) is 0 Å². The van der Waals surface area contributed by atoms with Gasteiger partial charge in [0, 0.05) is 12.3 Å². The van der Waals surface area contributed by atoms with Gasteiger partial charge in [0.15, 0.2) is 0 Å². The van der Waals surface area contributed by atoms with E-state index < -0.39 is 6.36 Å². The molecular weight excluding hydrogens is 147 g/mol. The summed E-state index contributed by atoms with van der Waals surface area (Å²) in [5, 5.41) is 0. The lowest BCUT2D eigenvalue weighted by atomic mass is 10.6. The quantitative estimate of drug-likeness (QED) is 0.647. The topological polar surface area (TPSA) is 25.0 Å². The van der Waals surface area contributed by atoms with E-state index >= 15 is 0 Å². The molecule has 0 aliphatic rings. The monoisotopic (exact) mass is 150 g/mol. The van der Waals surface area contributed by atoms with Crippen LogP contribution in [0.15, 0.2) is 12.3 Å². The number of hydrogen-bond acceptors (Lipinski definition) is 1. The second kappa shape index (κ2) is 2.24. The van der Waals surface area contributed by atoms with Crippen LogP contribution in [0.25, 0.3) is 0 Å². The van der Waals surface area contributed by atoms with Crippen molar-refractivity contribution >= 4 is 0 Å². The van der Waals surface area contributed by atoms with Gasteiger partial charge in [-0.15, -0.1) is 13.2 Å². The Bertz CT molecular complexity index is 191. The molecule has 5 heteroatoms. The van der Waals surface area contributed by atoms with Crippen LogP contribution >= 0.6 is 0 Å². The van der Waals surface area contributed by atoms with Gasteiger partial charge in [0.2, 0.25) is 0 Å². The van der Waals surface area contributed by atoms with Crippen molar-refractivity contribution in [2.75, 3.05) is 0 Å². The molecule has 0 amide bonds. The van der Waals surface area contributed by atoms with Gasteiger partial charge in [-0.2, -0.15) is 0 Å². The average molecular weight is 150 g/mol. The minimum absolute atomic E-state index is 0.285. The highest BCUT2D eigenvalue weighted by Crippen LogP contribution is 2.20. The minimum atomic E-state index is -4.62. The van der Waals surface area contributed by atoms with Gasteiger partial charge in [-0.1, -0.05) is 0 Å². The number of aromatic amines is 1. The van der Waals surface area contributed by atoms with Crippen LogP contribution in [0.4, 0.5) is 13.2 Å². The second-order valence-corrected chi connectivity index (χ2v) is 1.53. The summed E-state index contributed by atoms with van der Waals surface area (Å²) in [5.41, 5.74) is 0. The molecular formula is C5H3F3NO. The fraction of sp³-hybridized carbons (Fsp3) is 0.200. The summed E-state index contributed by atoms with van der Waals surface area (Å²) in [6, 6.07) is 1.06. The van der Waals surface area contributed by atoms with Gasteiger partial charge in [0.05, 0.1) is 6.20 Å². The Balaban J connectivity index is 2.57. The van der Waals surface area contributed by atoms with E-state index in [1.54, 1.807) is 0 Å². The zero-order chi connectivity index (χ0) is 7.61. The standard InChI is InChI=1S/C5H3F3NO/c6-5(7,8)10-4-1-2-9-3-4/h1,3,9H. The molecule has 1 aromatic heterocycles. The number of hydrogen-bond donors (Lipinski definition) is 1. The number of ether oxygens (including phenoxy) is 1. The first kappa shape index (κ1) is 6.98. The summed E-state index contributed by atoms with van der Waals surface area (Å²) >= 11 is 0. The van der Waals surface area contributed by atoms with Gasteiger partial charge in [-0.3, -0.25) is 0 Å². The zero-order valence-electron chi connectivity index (χ0n) is 4.70. The maximum absolute atomic E-state index is 11.4. The molecule has 1 aromatic rings. The molecule has 0 aliphatic carbocycles. The molecule has 2 nitrogen and oxygen atoms in total. The molecule has 0 aliphatic heterocycles. The van der Waals surface area contributed by atoms with Crippen LogP contribution in [0.3, 0.4) is 0 Å². The highest BCUT2D eigenvalue weighted by Gasteiger charge is 2.31. The molecule has 0 spiro atoms. The first-order valence-electron chi connectivity index (χ1n) is 2.38. The lowest BCUT2D eigenvalue weighted by Gasteiger charge is -2.04. The van der Waals surface area contributed by atoms with E-state index in [9.17, 15) is 13.2 Å². The van der Waals surface area contributed by atoms with Crippen LogP contribution in [0, 0.1) is 6.20 Å². The van der Waals surface area contributed by atoms with E-state index in [0.717, 1.165) is 12.3 Å². The van der Waals surface area contributed by atoms with Crippen molar-refractivity contribution in [3.05, 3.63) is 18.5 Å². The highest BCUT2D eigenvalue weighted by atomic mass is 19.4. The SMILES string of the molecule is FC(F)(F)Oc1c[c][nH]c1. The Morgan fingerprint density at radius 2 is 2.20 bits per heavy atom. The minimum Gasteiger partial charge on any atom is -0.404 e. The molecule has 55 valence electrons. The van der Waals surface area contributed by atoms with Crippen molar-refractivity contribution in [3.63, 3.8) is 0 Å². The number of H-pyrrole nitrogens is 1. The van der Waals surface area contributed by atoms with Crippen molar-refractivity contribution in [3.8, 4) is 5.75 Å². The summed E-state index contributed by atoms with van der Waals surface area (Å²) in [5.74, 6) is -0.285. The first-order valence-corrected chi connectivity index (χ1v) is 2.38. The van der Waals surface area contributed by atoms with Gasteiger partial charge < -0.3 is 9.72 Å². The Hall–Kier alpha value is -1.13. The molecule has 1 N–H and O–H groups in total. The molecule has 0 bridgehead atoms. The highest BCUT2D eigenvalue weighted by molar-refractivity contribution is 5.14. The number of halogens is 3. The van der Waals surface area contributed by atoms with Crippen LogP contribution in [-0.2, 0) is 0 Å². The lowest BCUT2D eigenvalue weighted by Crippen LogP contribution is -2.16. The normalized spacial score (nSPS) is 11.5. The van der Waals surface area contributed by atoms with Crippen LogP contribution < -0.4 is 4.74 Å². The number of nitrogens with one attached hydrogen (secondary N) is 1. The van der Waals surface area contributed by atoms with Crippen molar-refractivity contribution in [2.24, 2.45) is 0 Å². The van der Waals surface area contributed by atoms with Gasteiger partial charge in [-0.05, 0) is 0 Å². The first-order chi connectivity index (χ1) is 4.58. The van der Waals surface area contributed by atoms with Crippen LogP contribution in [-0.4, -0.2) is 11.3 Å². The Kier molecular flexibility index (Phi) is 1.57. The van der Waals surface area contributed by atoms with E-state index in [-0.39, 0.29) is 5.75 Å². The van der Waals surface area contributed by atoms with Crippen LogP contribution in [0.5, 0.6) is 5.75 Å². The summed E-state index contributed by atoms with van der Waals surface area (Å²) in [7, 11) is 0. The summed E-state index contributed by atoms with van der Waals surface area (Å²) in [6.45, 7) is 0. The Labute approximate surface area is 54.6 Å². The predicted octanol–water partition coefficient (Wildman–Crippen LogP) is 1.71. The number of alkyl halides is 3. The van der Waals surface area contributed by atoms with Gasteiger partial charge >= 0.3 is 6.36 Å². The number of rotatable bonds is 1. The van der Waals surface area contributed by atoms with E-state index in [0.29, 0.717) is 0 Å².